The summed E-state index contributed by atoms with van der Waals surface area (Å²) in [5.74, 6) is 0.999. The van der Waals surface area contributed by atoms with Gasteiger partial charge in [-0.05, 0) is 26.1 Å². The Morgan fingerprint density at radius 1 is 1.30 bits per heavy atom. The van der Waals surface area contributed by atoms with Crippen molar-refractivity contribution in [2.75, 3.05) is 20.2 Å². The highest BCUT2D eigenvalue weighted by atomic mass is 16.5. The van der Waals surface area contributed by atoms with Gasteiger partial charge in [-0.2, -0.15) is 0 Å². The summed E-state index contributed by atoms with van der Waals surface area (Å²) in [7, 11) is 2.12. The Hall–Kier alpha value is -1.81. The predicted octanol–water partition coefficient (Wildman–Crippen LogP) is 2.80. The lowest BCUT2D eigenvalue weighted by atomic mass is 10.2. The van der Waals surface area contributed by atoms with E-state index in [0.717, 1.165) is 38.4 Å². The van der Waals surface area contributed by atoms with E-state index in [2.05, 4.69) is 46.6 Å². The van der Waals surface area contributed by atoms with E-state index in [9.17, 15) is 0 Å². The zero-order valence-electron chi connectivity index (χ0n) is 12.3. The third-order valence-electron chi connectivity index (χ3n) is 3.33. The van der Waals surface area contributed by atoms with Crippen molar-refractivity contribution in [3.63, 3.8) is 0 Å². The Balaban J connectivity index is 1.82. The summed E-state index contributed by atoms with van der Waals surface area (Å²) < 4.78 is 7.99. The van der Waals surface area contributed by atoms with Gasteiger partial charge in [0.25, 0.3) is 0 Å². The first-order valence-electron chi connectivity index (χ1n) is 7.14. The molecule has 0 radical (unpaired) electrons. The van der Waals surface area contributed by atoms with E-state index >= 15 is 0 Å². The first kappa shape index (κ1) is 14.6. The van der Waals surface area contributed by atoms with Crippen LogP contribution in [0.4, 0.5) is 0 Å². The average Bonchev–Trinajstić information content (AvgIpc) is 2.98. The molecule has 0 aliphatic rings. The molecule has 0 atom stereocenters. The van der Waals surface area contributed by atoms with Crippen LogP contribution in [0.25, 0.3) is 0 Å². The van der Waals surface area contributed by atoms with Gasteiger partial charge in [0.2, 0.25) is 0 Å². The number of hydrogen-bond donors (Lipinski definition) is 0. The van der Waals surface area contributed by atoms with E-state index < -0.39 is 0 Å². The van der Waals surface area contributed by atoms with Crippen molar-refractivity contribution in [3.05, 3.63) is 48.5 Å². The number of nitrogens with zero attached hydrogens (tertiary/aromatic N) is 3. The van der Waals surface area contributed by atoms with E-state index in [0.29, 0.717) is 0 Å². The predicted molar refractivity (Wildman–Crippen MR) is 80.8 cm³/mol. The summed E-state index contributed by atoms with van der Waals surface area (Å²) >= 11 is 0. The van der Waals surface area contributed by atoms with E-state index in [-0.39, 0.29) is 0 Å². The molecule has 4 heteroatoms. The van der Waals surface area contributed by atoms with E-state index in [1.165, 1.54) is 5.56 Å². The first-order valence-corrected chi connectivity index (χ1v) is 7.14. The second-order valence-electron chi connectivity index (χ2n) is 4.94. The fourth-order valence-corrected chi connectivity index (χ4v) is 2.03. The molecular formula is C16H23N3O. The molecule has 0 saturated carbocycles. The van der Waals surface area contributed by atoms with Crippen LogP contribution in [0.5, 0.6) is 5.75 Å². The van der Waals surface area contributed by atoms with Crippen molar-refractivity contribution < 1.29 is 4.74 Å². The van der Waals surface area contributed by atoms with Crippen molar-refractivity contribution in [2.24, 2.45) is 0 Å². The van der Waals surface area contributed by atoms with Crippen LogP contribution in [0.3, 0.4) is 0 Å². The van der Waals surface area contributed by atoms with Gasteiger partial charge in [-0.15, -0.1) is 0 Å². The summed E-state index contributed by atoms with van der Waals surface area (Å²) in [5.41, 5.74) is 1.25. The maximum Gasteiger partial charge on any atom is 0.123 e. The fraction of sp³-hybridized carbons (Fsp3) is 0.438. The summed E-state index contributed by atoms with van der Waals surface area (Å²) in [5, 5.41) is 0. The molecule has 4 nitrogen and oxygen atoms in total. The molecule has 20 heavy (non-hydrogen) atoms. The summed E-state index contributed by atoms with van der Waals surface area (Å²) in [6.45, 7) is 5.79. The summed E-state index contributed by atoms with van der Waals surface area (Å²) in [6.07, 6.45) is 6.60. The number of imidazole rings is 1. The van der Waals surface area contributed by atoms with Crippen molar-refractivity contribution in [2.45, 2.75) is 26.4 Å². The standard InChI is InChI=1S/C16H23N3O/c1-3-18(2)13-15-7-4-5-8-16(15)20-12-6-10-19-11-9-17-14-19/h4-5,7-9,11,14H,3,6,10,12-13H2,1-2H3. The number of ether oxygens (including phenoxy) is 1. The maximum atomic E-state index is 5.92. The fourth-order valence-electron chi connectivity index (χ4n) is 2.03. The molecule has 1 aromatic heterocycles. The minimum Gasteiger partial charge on any atom is -0.493 e. The molecule has 0 unspecified atom stereocenters. The van der Waals surface area contributed by atoms with Crippen LogP contribution < -0.4 is 4.74 Å². The highest BCUT2D eigenvalue weighted by Gasteiger charge is 2.05. The Bertz CT molecular complexity index is 496. The van der Waals surface area contributed by atoms with Gasteiger partial charge in [-0.25, -0.2) is 4.98 Å². The van der Waals surface area contributed by atoms with E-state index in [1.807, 2.05) is 18.6 Å². The molecule has 108 valence electrons. The van der Waals surface area contributed by atoms with Gasteiger partial charge in [0.1, 0.15) is 5.75 Å². The molecule has 2 aromatic rings. The van der Waals surface area contributed by atoms with Gasteiger partial charge in [-0.1, -0.05) is 25.1 Å². The maximum absolute atomic E-state index is 5.92. The Kier molecular flexibility index (Phi) is 5.62. The van der Waals surface area contributed by atoms with Gasteiger partial charge >= 0.3 is 0 Å². The smallest absolute Gasteiger partial charge is 0.123 e. The summed E-state index contributed by atoms with van der Waals surface area (Å²) in [6, 6.07) is 8.28. The van der Waals surface area contributed by atoms with Crippen molar-refractivity contribution in [1.29, 1.82) is 0 Å². The molecule has 1 heterocycles. The number of para-hydroxylation sites is 1. The second-order valence-corrected chi connectivity index (χ2v) is 4.94. The SMILES string of the molecule is CCN(C)Cc1ccccc1OCCCn1ccnc1. The van der Waals surface area contributed by atoms with Gasteiger partial charge in [0, 0.05) is 31.0 Å². The van der Waals surface area contributed by atoms with Crippen molar-refractivity contribution in [1.82, 2.24) is 14.5 Å². The number of aromatic nitrogens is 2. The van der Waals surface area contributed by atoms with Crippen LogP contribution in [0, 0.1) is 0 Å². The number of rotatable bonds is 8. The van der Waals surface area contributed by atoms with Gasteiger partial charge in [-0.3, -0.25) is 0 Å². The largest absolute Gasteiger partial charge is 0.493 e. The lowest BCUT2D eigenvalue weighted by Gasteiger charge is -2.17. The van der Waals surface area contributed by atoms with E-state index in [4.69, 9.17) is 4.74 Å². The normalized spacial score (nSPS) is 10.9. The van der Waals surface area contributed by atoms with Gasteiger partial charge in [0.15, 0.2) is 0 Å². The topological polar surface area (TPSA) is 30.3 Å². The number of benzene rings is 1. The molecule has 0 aliphatic carbocycles. The molecule has 0 saturated heterocycles. The molecule has 0 fully saturated rings. The lowest BCUT2D eigenvalue weighted by molar-refractivity contribution is 0.287. The lowest BCUT2D eigenvalue weighted by Crippen LogP contribution is -2.17. The number of aryl methyl sites for hydroxylation is 1. The van der Waals surface area contributed by atoms with Crippen molar-refractivity contribution in [3.8, 4) is 5.75 Å². The minimum atomic E-state index is 0.727. The van der Waals surface area contributed by atoms with E-state index in [1.54, 1.807) is 6.20 Å². The highest BCUT2D eigenvalue weighted by Crippen LogP contribution is 2.19. The van der Waals surface area contributed by atoms with Gasteiger partial charge < -0.3 is 14.2 Å². The Morgan fingerprint density at radius 3 is 2.90 bits per heavy atom. The average molecular weight is 273 g/mol. The first-order chi connectivity index (χ1) is 9.79. The third-order valence-corrected chi connectivity index (χ3v) is 3.33. The number of hydrogen-bond acceptors (Lipinski definition) is 3. The molecular weight excluding hydrogens is 250 g/mol. The molecule has 0 amide bonds. The molecule has 2 rings (SSSR count). The van der Waals surface area contributed by atoms with Crippen LogP contribution >= 0.6 is 0 Å². The third kappa shape index (κ3) is 4.38. The van der Waals surface area contributed by atoms with Crippen LogP contribution in [0.1, 0.15) is 18.9 Å². The summed E-state index contributed by atoms with van der Waals surface area (Å²) in [4.78, 5) is 6.30. The highest BCUT2D eigenvalue weighted by molar-refractivity contribution is 5.33. The quantitative estimate of drug-likeness (QED) is 0.693. The van der Waals surface area contributed by atoms with Crippen LogP contribution in [-0.4, -0.2) is 34.7 Å². The molecule has 0 spiro atoms. The molecule has 0 aliphatic heterocycles. The van der Waals surface area contributed by atoms with Gasteiger partial charge in [0.05, 0.1) is 12.9 Å². The zero-order chi connectivity index (χ0) is 14.2. The molecule has 1 aromatic carbocycles. The van der Waals surface area contributed by atoms with Crippen molar-refractivity contribution >= 4 is 0 Å². The zero-order valence-corrected chi connectivity index (χ0v) is 12.3. The second kappa shape index (κ2) is 7.70. The molecule has 0 N–H and O–H groups in total. The monoisotopic (exact) mass is 273 g/mol. The Labute approximate surface area is 121 Å². The van der Waals surface area contributed by atoms with Crippen LogP contribution in [0.15, 0.2) is 43.0 Å². The molecule has 0 bridgehead atoms. The van der Waals surface area contributed by atoms with Crippen LogP contribution in [-0.2, 0) is 13.1 Å². The Morgan fingerprint density at radius 2 is 2.15 bits per heavy atom. The van der Waals surface area contributed by atoms with Crippen LogP contribution in [0.2, 0.25) is 0 Å². The minimum absolute atomic E-state index is 0.727.